The first-order chi connectivity index (χ1) is 9.30. The summed E-state index contributed by atoms with van der Waals surface area (Å²) >= 11 is 0. The fourth-order valence-corrected chi connectivity index (χ4v) is 3.26. The van der Waals surface area contributed by atoms with Crippen LogP contribution < -0.4 is 0 Å². The van der Waals surface area contributed by atoms with Crippen LogP contribution in [0.3, 0.4) is 0 Å². The van der Waals surface area contributed by atoms with Crippen LogP contribution in [0.25, 0.3) is 0 Å². The third-order valence-electron chi connectivity index (χ3n) is 3.01. The smallest absolute Gasteiger partial charge is 0.427 e. The third-order valence-corrected chi connectivity index (χ3v) is 4.96. The number of aliphatic carboxylic acids is 1. The quantitative estimate of drug-likeness (QED) is 0.772. The number of carbonyl (C=O) groups is 1. The second-order valence-corrected chi connectivity index (χ2v) is 6.41. The summed E-state index contributed by atoms with van der Waals surface area (Å²) in [7, 11) is -6.13. The minimum atomic E-state index is -6.60. The van der Waals surface area contributed by atoms with E-state index in [4.69, 9.17) is 5.11 Å². The maximum absolute atomic E-state index is 13.5. The van der Waals surface area contributed by atoms with E-state index in [9.17, 15) is 39.6 Å². The van der Waals surface area contributed by atoms with Crippen molar-refractivity contribution in [3.05, 3.63) is 0 Å². The topological polar surface area (TPSA) is 74.7 Å². The first kappa shape index (κ1) is 18.0. The summed E-state index contributed by atoms with van der Waals surface area (Å²) in [5.41, 5.74) is 0. The van der Waals surface area contributed by atoms with Crippen molar-refractivity contribution in [2.24, 2.45) is 0 Å². The maximum Gasteiger partial charge on any atom is 0.427 e. The Bertz CT molecular complexity index is 514. The van der Waals surface area contributed by atoms with E-state index in [1.54, 1.807) is 0 Å². The van der Waals surface area contributed by atoms with Crippen molar-refractivity contribution in [2.75, 3.05) is 13.1 Å². The highest BCUT2D eigenvalue weighted by Crippen LogP contribution is 2.49. The Morgan fingerprint density at radius 2 is 1.38 bits per heavy atom. The zero-order valence-electron chi connectivity index (χ0n) is 10.3. The van der Waals surface area contributed by atoms with E-state index >= 15 is 0 Å². The van der Waals surface area contributed by atoms with Gasteiger partial charge in [0, 0.05) is 13.1 Å². The molecule has 0 unspecified atom stereocenters. The van der Waals surface area contributed by atoms with Crippen LogP contribution in [0, 0.1) is 0 Å². The molecule has 0 aromatic heterocycles. The molecule has 1 rings (SSSR count). The van der Waals surface area contributed by atoms with E-state index < -0.39 is 46.2 Å². The van der Waals surface area contributed by atoms with E-state index in [1.165, 1.54) is 0 Å². The summed E-state index contributed by atoms with van der Waals surface area (Å²) in [5.74, 6) is -16.4. The lowest BCUT2D eigenvalue weighted by atomic mass is 10.2. The van der Waals surface area contributed by atoms with Gasteiger partial charge in [0.05, 0.1) is 0 Å². The fourth-order valence-electron chi connectivity index (χ4n) is 1.75. The molecule has 0 radical (unpaired) electrons. The molecule has 0 spiro atoms. The summed E-state index contributed by atoms with van der Waals surface area (Å²) in [6.07, 6.45) is 0.686. The molecular weight excluding hydrogens is 332 g/mol. The van der Waals surface area contributed by atoms with Crippen LogP contribution in [0.15, 0.2) is 0 Å². The molecule has 1 aliphatic heterocycles. The number of halogens is 6. The van der Waals surface area contributed by atoms with E-state index in [0.29, 0.717) is 6.42 Å². The Kier molecular flexibility index (Phi) is 4.55. The minimum absolute atomic E-state index is 0.0255. The highest BCUT2D eigenvalue weighted by atomic mass is 32.2. The van der Waals surface area contributed by atoms with Crippen LogP contribution in [-0.2, 0) is 14.8 Å². The van der Waals surface area contributed by atoms with Gasteiger partial charge in [-0.15, -0.1) is 0 Å². The van der Waals surface area contributed by atoms with Crippen LogP contribution in [-0.4, -0.2) is 54.0 Å². The summed E-state index contributed by atoms with van der Waals surface area (Å²) in [4.78, 5) is 10.0. The van der Waals surface area contributed by atoms with Gasteiger partial charge in [-0.25, -0.2) is 13.2 Å². The molecule has 1 N–H and O–H groups in total. The standard InChI is InChI=1S/C9H11F6NO4S/c10-7(11,6(17)18)8(12,13)9(14,15)21(19,20)16-4-2-1-3-5-16/h1-5H2,(H,17,18). The van der Waals surface area contributed by atoms with Gasteiger partial charge in [0.25, 0.3) is 10.0 Å². The molecule has 0 atom stereocenters. The Morgan fingerprint density at radius 3 is 1.76 bits per heavy atom. The first-order valence-electron chi connectivity index (χ1n) is 5.66. The molecule has 1 fully saturated rings. The average molecular weight is 343 g/mol. The summed E-state index contributed by atoms with van der Waals surface area (Å²) in [5, 5.41) is 1.69. The van der Waals surface area contributed by atoms with Gasteiger partial charge in [-0.3, -0.25) is 0 Å². The average Bonchev–Trinajstić information content (AvgIpc) is 2.38. The van der Waals surface area contributed by atoms with Gasteiger partial charge in [-0.05, 0) is 12.8 Å². The zero-order valence-corrected chi connectivity index (χ0v) is 11.1. The molecule has 12 heteroatoms. The van der Waals surface area contributed by atoms with Crippen molar-refractivity contribution in [1.29, 1.82) is 0 Å². The number of rotatable bonds is 5. The molecule has 1 aliphatic rings. The molecule has 1 heterocycles. The van der Waals surface area contributed by atoms with Crippen molar-refractivity contribution < 1.29 is 44.7 Å². The molecule has 124 valence electrons. The number of alkyl halides is 6. The lowest BCUT2D eigenvalue weighted by Gasteiger charge is -2.34. The molecule has 0 aromatic rings. The van der Waals surface area contributed by atoms with Crippen LogP contribution in [0.4, 0.5) is 26.3 Å². The van der Waals surface area contributed by atoms with E-state index in [-0.39, 0.29) is 17.1 Å². The lowest BCUT2D eigenvalue weighted by Crippen LogP contribution is -2.63. The molecule has 0 aliphatic carbocycles. The number of sulfonamides is 1. The first-order valence-corrected chi connectivity index (χ1v) is 7.10. The van der Waals surface area contributed by atoms with Gasteiger partial charge in [0.1, 0.15) is 0 Å². The van der Waals surface area contributed by atoms with Gasteiger partial charge < -0.3 is 5.11 Å². The predicted octanol–water partition coefficient (Wildman–Crippen LogP) is 1.75. The monoisotopic (exact) mass is 343 g/mol. The number of carboxylic acids is 1. The van der Waals surface area contributed by atoms with Crippen LogP contribution >= 0.6 is 0 Å². The molecule has 0 bridgehead atoms. The number of carboxylic acid groups (broad SMARTS) is 1. The Labute approximate surface area is 115 Å². The van der Waals surface area contributed by atoms with Crippen molar-refractivity contribution in [3.63, 3.8) is 0 Å². The number of hydrogen-bond donors (Lipinski definition) is 1. The van der Waals surface area contributed by atoms with Gasteiger partial charge in [0.15, 0.2) is 0 Å². The Morgan fingerprint density at radius 1 is 0.952 bits per heavy atom. The molecule has 0 amide bonds. The van der Waals surface area contributed by atoms with Crippen LogP contribution in [0.1, 0.15) is 19.3 Å². The molecule has 0 saturated carbocycles. The van der Waals surface area contributed by atoms with Crippen molar-refractivity contribution in [2.45, 2.75) is 36.4 Å². The summed E-state index contributed by atoms with van der Waals surface area (Å²) in [6, 6.07) is 0. The largest absolute Gasteiger partial charge is 0.477 e. The highest BCUT2D eigenvalue weighted by Gasteiger charge is 2.81. The second kappa shape index (κ2) is 5.30. The van der Waals surface area contributed by atoms with Crippen LogP contribution in [0.2, 0.25) is 0 Å². The maximum atomic E-state index is 13.5. The number of nitrogens with zero attached hydrogens (tertiary/aromatic N) is 1. The van der Waals surface area contributed by atoms with Crippen molar-refractivity contribution in [1.82, 2.24) is 4.31 Å². The van der Waals surface area contributed by atoms with Crippen molar-refractivity contribution in [3.8, 4) is 0 Å². The number of piperidine rings is 1. The Balaban J connectivity index is 3.28. The third kappa shape index (κ3) is 2.58. The zero-order chi connectivity index (χ0) is 16.7. The SMILES string of the molecule is O=C(O)C(F)(F)C(F)(F)C(F)(F)S(=O)(=O)N1CCCCC1. The minimum Gasteiger partial charge on any atom is -0.477 e. The van der Waals surface area contributed by atoms with Gasteiger partial charge in [-0.1, -0.05) is 6.42 Å². The normalized spacial score (nSPS) is 19.5. The number of hydrogen-bond acceptors (Lipinski definition) is 3. The second-order valence-electron chi connectivity index (χ2n) is 4.44. The molecule has 0 aromatic carbocycles. The van der Waals surface area contributed by atoms with Gasteiger partial charge in [0.2, 0.25) is 0 Å². The van der Waals surface area contributed by atoms with E-state index in [1.807, 2.05) is 0 Å². The molecule has 1 saturated heterocycles. The molecule has 21 heavy (non-hydrogen) atoms. The summed E-state index contributed by atoms with van der Waals surface area (Å²) < 4.78 is 102. The van der Waals surface area contributed by atoms with E-state index in [0.717, 1.165) is 0 Å². The Hall–Kier alpha value is -1.04. The van der Waals surface area contributed by atoms with E-state index in [2.05, 4.69) is 0 Å². The van der Waals surface area contributed by atoms with Crippen molar-refractivity contribution >= 4 is 16.0 Å². The molecule has 5 nitrogen and oxygen atoms in total. The summed E-state index contributed by atoms with van der Waals surface area (Å²) in [6.45, 7) is -1.04. The molecular formula is C9H11F6NO4S. The fraction of sp³-hybridized carbons (Fsp3) is 0.889. The predicted molar refractivity (Wildman–Crippen MR) is 56.8 cm³/mol. The highest BCUT2D eigenvalue weighted by molar-refractivity contribution is 7.90. The van der Waals surface area contributed by atoms with Crippen LogP contribution in [0.5, 0.6) is 0 Å². The van der Waals surface area contributed by atoms with Gasteiger partial charge in [-0.2, -0.15) is 30.6 Å². The lowest BCUT2D eigenvalue weighted by molar-refractivity contribution is -0.277. The van der Waals surface area contributed by atoms with Gasteiger partial charge >= 0.3 is 23.1 Å².